The summed E-state index contributed by atoms with van der Waals surface area (Å²) in [6, 6.07) is 9.45. The van der Waals surface area contributed by atoms with E-state index in [-0.39, 0.29) is 22.0 Å². The van der Waals surface area contributed by atoms with Crippen molar-refractivity contribution in [1.29, 1.82) is 0 Å². The van der Waals surface area contributed by atoms with Gasteiger partial charge in [-0.25, -0.2) is 12.7 Å². The van der Waals surface area contributed by atoms with Gasteiger partial charge in [-0.05, 0) is 24.3 Å². The average Bonchev–Trinajstić information content (AvgIpc) is 2.65. The van der Waals surface area contributed by atoms with Gasteiger partial charge in [0, 0.05) is 31.8 Å². The van der Waals surface area contributed by atoms with Crippen LogP contribution in [0, 0.1) is 0 Å². The summed E-state index contributed by atoms with van der Waals surface area (Å²) in [6.07, 6.45) is 0. The van der Waals surface area contributed by atoms with E-state index in [0.29, 0.717) is 11.5 Å². The smallest absolute Gasteiger partial charge is 0.251 e. The second-order valence-electron chi connectivity index (χ2n) is 5.77. The van der Waals surface area contributed by atoms with Crippen molar-refractivity contribution in [2.75, 3.05) is 28.3 Å². The van der Waals surface area contributed by atoms with E-state index in [9.17, 15) is 13.2 Å². The zero-order valence-electron chi connectivity index (χ0n) is 15.4. The van der Waals surface area contributed by atoms with Crippen LogP contribution < -0.4 is 14.8 Å². The molecule has 0 aliphatic rings. The summed E-state index contributed by atoms with van der Waals surface area (Å²) >= 11 is 6.01. The van der Waals surface area contributed by atoms with E-state index < -0.39 is 15.9 Å². The van der Waals surface area contributed by atoms with Crippen molar-refractivity contribution >= 4 is 27.5 Å². The topological polar surface area (TPSA) is 84.9 Å². The molecule has 0 bridgehead atoms. The van der Waals surface area contributed by atoms with Crippen LogP contribution in [0.1, 0.15) is 15.9 Å². The summed E-state index contributed by atoms with van der Waals surface area (Å²) in [7, 11) is 2.07. The molecule has 0 saturated heterocycles. The minimum Gasteiger partial charge on any atom is -0.493 e. The monoisotopic (exact) mass is 412 g/mol. The molecule has 2 aromatic rings. The van der Waals surface area contributed by atoms with Gasteiger partial charge in [0.15, 0.2) is 11.5 Å². The average molecular weight is 413 g/mol. The van der Waals surface area contributed by atoms with E-state index in [4.69, 9.17) is 21.1 Å². The lowest BCUT2D eigenvalue weighted by Gasteiger charge is -2.15. The van der Waals surface area contributed by atoms with Crippen LogP contribution in [0.3, 0.4) is 0 Å². The first-order valence-electron chi connectivity index (χ1n) is 7.92. The number of para-hydroxylation sites is 1. The van der Waals surface area contributed by atoms with Crippen LogP contribution in [0.2, 0.25) is 5.02 Å². The molecular formula is C18H21ClN2O5S. The van der Waals surface area contributed by atoms with E-state index in [0.717, 1.165) is 9.87 Å². The van der Waals surface area contributed by atoms with E-state index in [1.54, 1.807) is 18.2 Å². The number of carbonyl (C=O) groups is 1. The van der Waals surface area contributed by atoms with Gasteiger partial charge in [-0.2, -0.15) is 0 Å². The molecule has 0 unspecified atom stereocenters. The summed E-state index contributed by atoms with van der Waals surface area (Å²) in [4.78, 5) is 12.4. The molecule has 0 aliphatic carbocycles. The van der Waals surface area contributed by atoms with Crippen LogP contribution in [0.4, 0.5) is 0 Å². The molecular weight excluding hydrogens is 392 g/mol. The number of sulfonamides is 1. The first-order valence-corrected chi connectivity index (χ1v) is 9.74. The molecule has 0 fully saturated rings. The molecule has 0 radical (unpaired) electrons. The maximum absolute atomic E-state index is 12.5. The number of rotatable bonds is 7. The third-order valence-corrected chi connectivity index (χ3v) is 6.17. The van der Waals surface area contributed by atoms with Crippen LogP contribution in [0.15, 0.2) is 41.3 Å². The second-order valence-corrected chi connectivity index (χ2v) is 8.30. The standard InChI is InChI=1S/C18H21ClN2O5S/c1-21(2)27(23,24)16-10-12(8-9-14(16)19)18(22)20-11-13-6-5-7-15(25-3)17(13)26-4/h5-10H,11H2,1-4H3,(H,20,22). The zero-order chi connectivity index (χ0) is 20.2. The number of methoxy groups -OCH3 is 2. The normalized spacial score (nSPS) is 11.3. The summed E-state index contributed by atoms with van der Waals surface area (Å²) in [6.45, 7) is 0.178. The molecule has 7 nitrogen and oxygen atoms in total. The molecule has 1 amide bonds. The van der Waals surface area contributed by atoms with E-state index >= 15 is 0 Å². The number of amides is 1. The Balaban J connectivity index is 2.26. The van der Waals surface area contributed by atoms with E-state index in [2.05, 4.69) is 5.32 Å². The van der Waals surface area contributed by atoms with Crippen molar-refractivity contribution in [3.05, 3.63) is 52.5 Å². The SMILES string of the molecule is COc1cccc(CNC(=O)c2ccc(Cl)c(S(=O)(=O)N(C)C)c2)c1OC. The van der Waals surface area contributed by atoms with Gasteiger partial charge >= 0.3 is 0 Å². The first-order chi connectivity index (χ1) is 12.7. The highest BCUT2D eigenvalue weighted by atomic mass is 35.5. The summed E-state index contributed by atoms with van der Waals surface area (Å²) < 4.78 is 36.3. The summed E-state index contributed by atoms with van der Waals surface area (Å²) in [5, 5.41) is 2.79. The zero-order valence-corrected chi connectivity index (χ0v) is 17.0. The first kappa shape index (κ1) is 21.0. The van der Waals surface area contributed by atoms with Crippen LogP contribution in [-0.4, -0.2) is 46.9 Å². The fourth-order valence-electron chi connectivity index (χ4n) is 2.41. The highest BCUT2D eigenvalue weighted by Gasteiger charge is 2.22. The van der Waals surface area contributed by atoms with Gasteiger partial charge in [-0.3, -0.25) is 4.79 Å². The third kappa shape index (κ3) is 4.52. The Hall–Kier alpha value is -2.29. The number of benzene rings is 2. The fraction of sp³-hybridized carbons (Fsp3) is 0.278. The molecule has 9 heteroatoms. The number of ether oxygens (including phenoxy) is 2. The highest BCUT2D eigenvalue weighted by Crippen LogP contribution is 2.30. The Kier molecular flexibility index (Phi) is 6.69. The third-order valence-electron chi connectivity index (χ3n) is 3.88. The summed E-state index contributed by atoms with van der Waals surface area (Å²) in [5.74, 6) is 0.633. The Labute approximate surface area is 163 Å². The van der Waals surface area contributed by atoms with Gasteiger partial charge in [-0.15, -0.1) is 0 Å². The van der Waals surface area contributed by atoms with Crippen molar-refractivity contribution in [3.8, 4) is 11.5 Å². The second kappa shape index (κ2) is 8.60. The highest BCUT2D eigenvalue weighted by molar-refractivity contribution is 7.89. The molecule has 2 rings (SSSR count). The molecule has 0 aromatic heterocycles. The van der Waals surface area contributed by atoms with Crippen LogP contribution >= 0.6 is 11.6 Å². The molecule has 0 saturated carbocycles. The minimum atomic E-state index is -3.77. The number of hydrogen-bond donors (Lipinski definition) is 1. The number of nitrogens with one attached hydrogen (secondary N) is 1. The predicted octanol–water partition coefficient (Wildman–Crippen LogP) is 2.54. The molecule has 0 aliphatic heterocycles. The Bertz CT molecular complexity index is 945. The van der Waals surface area contributed by atoms with Crippen molar-refractivity contribution < 1.29 is 22.7 Å². The van der Waals surface area contributed by atoms with Gasteiger partial charge in [0.05, 0.1) is 19.2 Å². The van der Waals surface area contributed by atoms with Crippen LogP contribution in [-0.2, 0) is 16.6 Å². The van der Waals surface area contributed by atoms with E-state index in [1.165, 1.54) is 46.5 Å². The van der Waals surface area contributed by atoms with Crippen molar-refractivity contribution in [2.24, 2.45) is 0 Å². The van der Waals surface area contributed by atoms with Crippen LogP contribution in [0.5, 0.6) is 11.5 Å². The molecule has 0 heterocycles. The molecule has 0 spiro atoms. The molecule has 27 heavy (non-hydrogen) atoms. The molecule has 0 atom stereocenters. The van der Waals surface area contributed by atoms with Crippen LogP contribution in [0.25, 0.3) is 0 Å². The maximum Gasteiger partial charge on any atom is 0.251 e. The number of nitrogens with zero attached hydrogens (tertiary/aromatic N) is 1. The molecule has 1 N–H and O–H groups in total. The predicted molar refractivity (Wildman–Crippen MR) is 103 cm³/mol. The van der Waals surface area contributed by atoms with Gasteiger partial charge in [-0.1, -0.05) is 23.7 Å². The Morgan fingerprint density at radius 2 is 1.85 bits per heavy atom. The largest absolute Gasteiger partial charge is 0.493 e. The minimum absolute atomic E-state index is 0.0507. The van der Waals surface area contributed by atoms with Gasteiger partial charge in [0.2, 0.25) is 10.0 Å². The van der Waals surface area contributed by atoms with Crippen molar-refractivity contribution in [1.82, 2.24) is 9.62 Å². The maximum atomic E-state index is 12.5. The van der Waals surface area contributed by atoms with Gasteiger partial charge < -0.3 is 14.8 Å². The fourth-order valence-corrected chi connectivity index (χ4v) is 3.80. The number of hydrogen-bond acceptors (Lipinski definition) is 5. The Morgan fingerprint density at radius 3 is 2.44 bits per heavy atom. The number of halogens is 1. The van der Waals surface area contributed by atoms with Crippen molar-refractivity contribution in [3.63, 3.8) is 0 Å². The van der Waals surface area contributed by atoms with Gasteiger partial charge in [0.25, 0.3) is 5.91 Å². The van der Waals surface area contributed by atoms with Gasteiger partial charge in [0.1, 0.15) is 4.90 Å². The van der Waals surface area contributed by atoms with Crippen molar-refractivity contribution in [2.45, 2.75) is 11.4 Å². The molecule has 2 aromatic carbocycles. The quantitative estimate of drug-likeness (QED) is 0.755. The molecule has 146 valence electrons. The summed E-state index contributed by atoms with van der Waals surface area (Å²) in [5.41, 5.74) is 0.905. The lowest BCUT2D eigenvalue weighted by Crippen LogP contribution is -2.25. The lowest BCUT2D eigenvalue weighted by atomic mass is 10.1. The lowest BCUT2D eigenvalue weighted by molar-refractivity contribution is 0.0950. The Morgan fingerprint density at radius 1 is 1.15 bits per heavy atom. The van der Waals surface area contributed by atoms with E-state index in [1.807, 2.05) is 0 Å². The number of carbonyl (C=O) groups excluding carboxylic acids is 1.